The Kier molecular flexibility index (Phi) is 6.65. The van der Waals surface area contributed by atoms with Gasteiger partial charge in [0.05, 0.1) is 17.0 Å². The number of rotatable bonds is 9. The van der Waals surface area contributed by atoms with E-state index in [1.54, 1.807) is 47.1 Å². The molecule has 1 amide bonds. The number of hydrogen-bond donors (Lipinski definition) is 1. The summed E-state index contributed by atoms with van der Waals surface area (Å²) >= 11 is 0. The zero-order valence-corrected chi connectivity index (χ0v) is 20.5. The Hall–Kier alpha value is -3.83. The highest BCUT2D eigenvalue weighted by Crippen LogP contribution is 2.35. The molecule has 0 saturated heterocycles. The number of carbonyl (C=O) groups is 1. The number of para-hydroxylation sites is 1. The number of halogens is 2. The number of ether oxygens (including phenoxy) is 1. The Labute approximate surface area is 212 Å². The summed E-state index contributed by atoms with van der Waals surface area (Å²) in [6, 6.07) is 14.1. The molecule has 1 aliphatic carbocycles. The maximum absolute atomic E-state index is 14.7. The maximum Gasteiger partial charge on any atom is 0.297 e. The molecule has 4 aromatic rings. The molecule has 1 N–H and O–H groups in total. The number of pyridine rings is 1. The molecule has 0 radical (unpaired) electrons. The van der Waals surface area contributed by atoms with Crippen LogP contribution in [0, 0.1) is 18.7 Å². The van der Waals surface area contributed by atoms with Crippen LogP contribution in [0.4, 0.5) is 14.6 Å². The van der Waals surface area contributed by atoms with Gasteiger partial charge < -0.3 is 14.5 Å². The molecule has 2 aromatic heterocycles. The summed E-state index contributed by atoms with van der Waals surface area (Å²) in [6.45, 7) is 1.32. The molecule has 1 fully saturated rings. The molecule has 2 heterocycles. The quantitative estimate of drug-likeness (QED) is 0.254. The van der Waals surface area contributed by atoms with Gasteiger partial charge in [0.25, 0.3) is 10.1 Å². The second kappa shape index (κ2) is 9.91. The van der Waals surface area contributed by atoms with Crippen LogP contribution < -0.4 is 10.1 Å². The minimum Gasteiger partial charge on any atom is -0.487 e. The maximum atomic E-state index is 14.7. The van der Waals surface area contributed by atoms with E-state index in [1.165, 1.54) is 24.3 Å². The van der Waals surface area contributed by atoms with Crippen molar-refractivity contribution in [3.05, 3.63) is 78.4 Å². The molecule has 8 nitrogen and oxygen atoms in total. The van der Waals surface area contributed by atoms with Crippen molar-refractivity contribution in [1.82, 2.24) is 9.38 Å². The van der Waals surface area contributed by atoms with Crippen molar-refractivity contribution in [1.29, 1.82) is 0 Å². The molecule has 0 spiro atoms. The number of hydrogen-bond acceptors (Lipinski definition) is 6. The number of anilines is 1. The molecule has 2 atom stereocenters. The highest BCUT2D eigenvalue weighted by Gasteiger charge is 2.43. The van der Waals surface area contributed by atoms with Crippen LogP contribution in [0.1, 0.15) is 12.0 Å². The average molecular weight is 528 g/mol. The van der Waals surface area contributed by atoms with E-state index in [4.69, 9.17) is 8.92 Å². The van der Waals surface area contributed by atoms with Crippen LogP contribution in [0.5, 0.6) is 5.75 Å². The van der Waals surface area contributed by atoms with Crippen LogP contribution in [0.15, 0.2) is 71.9 Å². The fourth-order valence-corrected chi connectivity index (χ4v) is 4.70. The average Bonchev–Trinajstić information content (AvgIpc) is 3.47. The SMILES string of the molecule is Cc1ccc(S(=O)(=O)OCCOc2c(F)cccc2-c2ccc3nc(NC(=O)[C@@H]4C[C@@H]4F)cn3c2)cc1. The highest BCUT2D eigenvalue weighted by atomic mass is 32.2. The van der Waals surface area contributed by atoms with Gasteiger partial charge >= 0.3 is 0 Å². The number of amides is 1. The van der Waals surface area contributed by atoms with E-state index in [1.807, 2.05) is 6.92 Å². The lowest BCUT2D eigenvalue weighted by molar-refractivity contribution is -0.117. The first-order chi connectivity index (χ1) is 17.7. The molecule has 1 aliphatic rings. The van der Waals surface area contributed by atoms with Crippen LogP contribution in [0.25, 0.3) is 16.8 Å². The van der Waals surface area contributed by atoms with Gasteiger partial charge in [0.2, 0.25) is 5.91 Å². The second-order valence-electron chi connectivity index (χ2n) is 8.71. The van der Waals surface area contributed by atoms with Crippen molar-refractivity contribution >= 4 is 27.5 Å². The van der Waals surface area contributed by atoms with Gasteiger partial charge in [-0.05, 0) is 43.7 Å². The van der Waals surface area contributed by atoms with Crippen LogP contribution in [-0.2, 0) is 19.1 Å². The Bertz CT molecular complexity index is 1570. The second-order valence-corrected chi connectivity index (χ2v) is 10.3. The molecular formula is C26H23F2N3O5S. The third-order valence-corrected chi connectivity index (χ3v) is 7.23. The van der Waals surface area contributed by atoms with Gasteiger partial charge in [0.1, 0.15) is 25.0 Å². The number of aryl methyl sites for hydroxylation is 1. The Morgan fingerprint density at radius 2 is 1.86 bits per heavy atom. The molecule has 0 unspecified atom stereocenters. The van der Waals surface area contributed by atoms with E-state index in [0.29, 0.717) is 16.8 Å². The number of benzene rings is 2. The zero-order chi connectivity index (χ0) is 26.2. The number of fused-ring (bicyclic) bond motifs is 1. The number of carbonyl (C=O) groups excluding carboxylic acids is 1. The van der Waals surface area contributed by atoms with Crippen molar-refractivity contribution in [2.45, 2.75) is 24.4 Å². The molecular weight excluding hydrogens is 504 g/mol. The van der Waals surface area contributed by atoms with Gasteiger partial charge in [-0.25, -0.2) is 13.8 Å². The zero-order valence-electron chi connectivity index (χ0n) is 19.7. The first-order valence-corrected chi connectivity index (χ1v) is 12.9. The topological polar surface area (TPSA) is 99.0 Å². The van der Waals surface area contributed by atoms with Crippen molar-refractivity contribution in [2.24, 2.45) is 5.92 Å². The minimum atomic E-state index is -3.97. The molecule has 192 valence electrons. The van der Waals surface area contributed by atoms with Gasteiger partial charge in [-0.15, -0.1) is 0 Å². The molecule has 0 bridgehead atoms. The molecule has 2 aromatic carbocycles. The van der Waals surface area contributed by atoms with E-state index in [0.717, 1.165) is 5.56 Å². The van der Waals surface area contributed by atoms with Gasteiger partial charge in [-0.2, -0.15) is 8.42 Å². The van der Waals surface area contributed by atoms with Gasteiger partial charge in [0.15, 0.2) is 17.4 Å². The lowest BCUT2D eigenvalue weighted by Gasteiger charge is -2.13. The predicted molar refractivity (Wildman–Crippen MR) is 132 cm³/mol. The number of imidazole rings is 1. The normalized spacial score (nSPS) is 17.1. The van der Waals surface area contributed by atoms with Gasteiger partial charge in [-0.3, -0.25) is 8.98 Å². The standard InChI is InChI=1S/C26H23F2N3O5S/c1-16-5-8-18(9-6-16)37(33,34)36-12-11-35-25-19(3-2-4-21(25)27)17-7-10-24-29-23(15-31(24)14-17)30-26(32)20-13-22(20)28/h2-10,14-15,20,22H,11-13H2,1H3,(H,30,32)/t20-,22+/m1/s1. The van der Waals surface area contributed by atoms with Crippen LogP contribution in [0.2, 0.25) is 0 Å². The Morgan fingerprint density at radius 1 is 1.11 bits per heavy atom. The molecule has 1 saturated carbocycles. The lowest BCUT2D eigenvalue weighted by Crippen LogP contribution is -2.15. The van der Waals surface area contributed by atoms with Gasteiger partial charge in [-0.1, -0.05) is 29.8 Å². The summed E-state index contributed by atoms with van der Waals surface area (Å²) in [6.07, 6.45) is 2.38. The highest BCUT2D eigenvalue weighted by molar-refractivity contribution is 7.86. The fourth-order valence-electron chi connectivity index (χ4n) is 3.81. The number of nitrogens with one attached hydrogen (secondary N) is 1. The van der Waals surface area contributed by atoms with E-state index < -0.39 is 33.9 Å². The number of nitrogens with zero attached hydrogens (tertiary/aromatic N) is 2. The van der Waals surface area contributed by atoms with Crippen molar-refractivity contribution < 1.29 is 30.9 Å². The summed E-state index contributed by atoms with van der Waals surface area (Å²) in [5, 5.41) is 2.61. The lowest BCUT2D eigenvalue weighted by atomic mass is 10.1. The first-order valence-electron chi connectivity index (χ1n) is 11.5. The third kappa shape index (κ3) is 5.47. The van der Waals surface area contributed by atoms with Crippen LogP contribution in [-0.4, -0.2) is 43.1 Å². The van der Waals surface area contributed by atoms with Crippen molar-refractivity contribution in [2.75, 3.05) is 18.5 Å². The summed E-state index contributed by atoms with van der Waals surface area (Å²) in [7, 11) is -3.97. The molecule has 5 rings (SSSR count). The molecule has 0 aliphatic heterocycles. The fraction of sp³-hybridized carbons (Fsp3) is 0.231. The van der Waals surface area contributed by atoms with E-state index >= 15 is 0 Å². The largest absolute Gasteiger partial charge is 0.487 e. The smallest absolute Gasteiger partial charge is 0.297 e. The van der Waals surface area contributed by atoms with E-state index in [9.17, 15) is 22.0 Å². The minimum absolute atomic E-state index is 0.0236. The van der Waals surface area contributed by atoms with Gasteiger partial charge in [0, 0.05) is 17.3 Å². The monoisotopic (exact) mass is 527 g/mol. The van der Waals surface area contributed by atoms with Crippen LogP contribution >= 0.6 is 0 Å². The summed E-state index contributed by atoms with van der Waals surface area (Å²) in [5.41, 5.74) is 2.47. The summed E-state index contributed by atoms with van der Waals surface area (Å²) in [4.78, 5) is 16.3. The first kappa shape index (κ1) is 24.8. The van der Waals surface area contributed by atoms with Crippen molar-refractivity contribution in [3.63, 3.8) is 0 Å². The predicted octanol–water partition coefficient (Wildman–Crippen LogP) is 4.53. The number of aromatic nitrogens is 2. The van der Waals surface area contributed by atoms with E-state index in [-0.39, 0.29) is 36.1 Å². The van der Waals surface area contributed by atoms with Crippen molar-refractivity contribution in [3.8, 4) is 16.9 Å². The van der Waals surface area contributed by atoms with E-state index in [2.05, 4.69) is 10.3 Å². The molecule has 11 heteroatoms. The summed E-state index contributed by atoms with van der Waals surface area (Å²) < 4.78 is 64.8. The Morgan fingerprint density at radius 3 is 2.59 bits per heavy atom. The third-order valence-electron chi connectivity index (χ3n) is 5.91. The number of alkyl halides is 1. The van der Waals surface area contributed by atoms with Crippen LogP contribution in [0.3, 0.4) is 0 Å². The Balaban J connectivity index is 1.29. The summed E-state index contributed by atoms with van der Waals surface area (Å²) in [5.74, 6) is -1.45. The molecule has 37 heavy (non-hydrogen) atoms.